The molecule has 0 aliphatic heterocycles. The van der Waals surface area contributed by atoms with Gasteiger partial charge in [0, 0.05) is 22.9 Å². The van der Waals surface area contributed by atoms with E-state index < -0.39 is 0 Å². The fourth-order valence-electron chi connectivity index (χ4n) is 1.71. The van der Waals surface area contributed by atoms with Gasteiger partial charge in [-0.1, -0.05) is 42.5 Å². The van der Waals surface area contributed by atoms with Crippen LogP contribution in [0, 0.1) is 0 Å². The highest BCUT2D eigenvalue weighted by atomic mass is 35.5. The summed E-state index contributed by atoms with van der Waals surface area (Å²) in [5.74, 6) is 0.866. The Morgan fingerprint density at radius 1 is 0.833 bits per heavy atom. The quantitative estimate of drug-likeness (QED) is 0.599. The minimum Gasteiger partial charge on any atom is -0.289 e. The maximum absolute atomic E-state index is 12.2. The van der Waals surface area contributed by atoms with Crippen LogP contribution in [0.4, 0.5) is 0 Å². The molecule has 3 heteroatoms. The van der Waals surface area contributed by atoms with Crippen molar-refractivity contribution in [2.24, 2.45) is 0 Å². The number of carbonyl (C=O) groups is 1. The second-order valence-corrected chi connectivity index (χ2v) is 4.53. The van der Waals surface area contributed by atoms with Gasteiger partial charge in [-0.25, -0.2) is 0 Å². The SMILES string of the molecule is O=C(c1ccc(CCl)cc1)c1cccc(CCl)c1. The van der Waals surface area contributed by atoms with E-state index in [0.717, 1.165) is 11.1 Å². The van der Waals surface area contributed by atoms with E-state index in [9.17, 15) is 4.79 Å². The Kier molecular flexibility index (Phi) is 4.40. The number of alkyl halides is 2. The Morgan fingerprint density at radius 2 is 1.50 bits per heavy atom. The predicted molar refractivity (Wildman–Crippen MR) is 75.4 cm³/mol. The van der Waals surface area contributed by atoms with Crippen LogP contribution < -0.4 is 0 Å². The molecule has 2 rings (SSSR count). The van der Waals surface area contributed by atoms with Crippen LogP contribution in [0.1, 0.15) is 27.0 Å². The molecule has 0 atom stereocenters. The Morgan fingerprint density at radius 3 is 2.11 bits per heavy atom. The lowest BCUT2D eigenvalue weighted by Gasteiger charge is -2.04. The molecule has 18 heavy (non-hydrogen) atoms. The summed E-state index contributed by atoms with van der Waals surface area (Å²) < 4.78 is 0. The molecular weight excluding hydrogens is 267 g/mol. The molecule has 0 aliphatic carbocycles. The summed E-state index contributed by atoms with van der Waals surface area (Å²) in [6.07, 6.45) is 0. The van der Waals surface area contributed by atoms with E-state index in [1.807, 2.05) is 30.3 Å². The highest BCUT2D eigenvalue weighted by Gasteiger charge is 2.09. The monoisotopic (exact) mass is 278 g/mol. The van der Waals surface area contributed by atoms with E-state index in [-0.39, 0.29) is 5.78 Å². The van der Waals surface area contributed by atoms with Crippen LogP contribution in [-0.2, 0) is 11.8 Å². The van der Waals surface area contributed by atoms with Gasteiger partial charge in [0.25, 0.3) is 0 Å². The van der Waals surface area contributed by atoms with Gasteiger partial charge in [-0.15, -0.1) is 23.2 Å². The van der Waals surface area contributed by atoms with Crippen molar-refractivity contribution >= 4 is 29.0 Å². The minimum absolute atomic E-state index is 0.00286. The molecule has 2 aromatic rings. The van der Waals surface area contributed by atoms with Crippen molar-refractivity contribution < 1.29 is 4.79 Å². The molecule has 2 aromatic carbocycles. The van der Waals surface area contributed by atoms with E-state index in [2.05, 4.69) is 0 Å². The van der Waals surface area contributed by atoms with Crippen LogP contribution in [0.2, 0.25) is 0 Å². The van der Waals surface area contributed by atoms with Gasteiger partial charge >= 0.3 is 0 Å². The first-order chi connectivity index (χ1) is 8.74. The van der Waals surface area contributed by atoms with E-state index in [1.54, 1.807) is 18.2 Å². The Labute approximate surface area is 116 Å². The van der Waals surface area contributed by atoms with Gasteiger partial charge in [0.2, 0.25) is 0 Å². The summed E-state index contributed by atoms with van der Waals surface area (Å²) in [6, 6.07) is 14.7. The number of ketones is 1. The fourth-order valence-corrected chi connectivity index (χ4v) is 2.05. The van der Waals surface area contributed by atoms with E-state index in [1.165, 1.54) is 0 Å². The minimum atomic E-state index is 0.00286. The molecule has 0 radical (unpaired) electrons. The molecule has 0 unspecified atom stereocenters. The number of hydrogen-bond acceptors (Lipinski definition) is 1. The first-order valence-corrected chi connectivity index (χ1v) is 6.66. The maximum Gasteiger partial charge on any atom is 0.193 e. The molecule has 0 aliphatic rings. The van der Waals surface area contributed by atoms with Crippen LogP contribution >= 0.6 is 23.2 Å². The third kappa shape index (κ3) is 2.92. The molecule has 0 saturated heterocycles. The highest BCUT2D eigenvalue weighted by Crippen LogP contribution is 2.14. The topological polar surface area (TPSA) is 17.1 Å². The van der Waals surface area contributed by atoms with Gasteiger partial charge in [-0.05, 0) is 17.2 Å². The zero-order chi connectivity index (χ0) is 13.0. The number of carbonyl (C=O) groups excluding carboxylic acids is 1. The summed E-state index contributed by atoms with van der Waals surface area (Å²) in [4.78, 5) is 12.2. The highest BCUT2D eigenvalue weighted by molar-refractivity contribution is 6.17. The van der Waals surface area contributed by atoms with Gasteiger partial charge in [0.15, 0.2) is 5.78 Å². The summed E-state index contributed by atoms with van der Waals surface area (Å²) in [7, 11) is 0. The summed E-state index contributed by atoms with van der Waals surface area (Å²) in [5, 5.41) is 0. The molecule has 0 spiro atoms. The molecule has 0 saturated carbocycles. The molecular formula is C15H12Cl2O. The smallest absolute Gasteiger partial charge is 0.193 e. The molecule has 0 fully saturated rings. The van der Waals surface area contributed by atoms with Gasteiger partial charge in [0.1, 0.15) is 0 Å². The van der Waals surface area contributed by atoms with E-state index in [0.29, 0.717) is 22.9 Å². The van der Waals surface area contributed by atoms with Crippen LogP contribution in [0.3, 0.4) is 0 Å². The second-order valence-electron chi connectivity index (χ2n) is 3.99. The molecule has 0 N–H and O–H groups in total. The van der Waals surface area contributed by atoms with Crippen LogP contribution in [0.25, 0.3) is 0 Å². The van der Waals surface area contributed by atoms with Crippen molar-refractivity contribution in [3.05, 3.63) is 70.8 Å². The first-order valence-electron chi connectivity index (χ1n) is 5.59. The van der Waals surface area contributed by atoms with Crippen LogP contribution in [0.5, 0.6) is 0 Å². The Hall–Kier alpha value is -1.31. The maximum atomic E-state index is 12.2. The average molecular weight is 279 g/mol. The lowest BCUT2D eigenvalue weighted by Crippen LogP contribution is -2.01. The third-order valence-corrected chi connectivity index (χ3v) is 3.33. The van der Waals surface area contributed by atoms with Gasteiger partial charge in [-0.3, -0.25) is 4.79 Å². The molecule has 92 valence electrons. The summed E-state index contributed by atoms with van der Waals surface area (Å²) in [5.41, 5.74) is 3.27. The molecule has 0 heterocycles. The van der Waals surface area contributed by atoms with E-state index in [4.69, 9.17) is 23.2 Å². The number of rotatable bonds is 4. The van der Waals surface area contributed by atoms with Gasteiger partial charge in [-0.2, -0.15) is 0 Å². The standard InChI is InChI=1S/C15H12Cl2O/c16-9-11-4-6-13(7-5-11)15(18)14-3-1-2-12(8-14)10-17/h1-8H,9-10H2. The average Bonchev–Trinajstić information content (AvgIpc) is 2.46. The largest absolute Gasteiger partial charge is 0.289 e. The fraction of sp³-hybridized carbons (Fsp3) is 0.133. The van der Waals surface area contributed by atoms with Crippen molar-refractivity contribution in [1.29, 1.82) is 0 Å². The first kappa shape index (κ1) is 13.1. The van der Waals surface area contributed by atoms with Gasteiger partial charge < -0.3 is 0 Å². The molecule has 0 aromatic heterocycles. The summed E-state index contributed by atoms with van der Waals surface area (Å²) in [6.45, 7) is 0. The molecule has 1 nitrogen and oxygen atoms in total. The van der Waals surface area contributed by atoms with Crippen molar-refractivity contribution in [3.8, 4) is 0 Å². The zero-order valence-electron chi connectivity index (χ0n) is 9.70. The number of benzene rings is 2. The van der Waals surface area contributed by atoms with Crippen molar-refractivity contribution in [3.63, 3.8) is 0 Å². The van der Waals surface area contributed by atoms with E-state index >= 15 is 0 Å². The van der Waals surface area contributed by atoms with Crippen molar-refractivity contribution in [2.75, 3.05) is 0 Å². The Balaban J connectivity index is 2.29. The molecule has 0 bridgehead atoms. The zero-order valence-corrected chi connectivity index (χ0v) is 11.2. The van der Waals surface area contributed by atoms with Crippen molar-refractivity contribution in [1.82, 2.24) is 0 Å². The van der Waals surface area contributed by atoms with Crippen LogP contribution in [-0.4, -0.2) is 5.78 Å². The second kappa shape index (κ2) is 6.03. The number of halogens is 2. The third-order valence-electron chi connectivity index (χ3n) is 2.71. The van der Waals surface area contributed by atoms with Crippen LogP contribution in [0.15, 0.2) is 48.5 Å². The lowest BCUT2D eigenvalue weighted by atomic mass is 10.0. The predicted octanol–water partition coefficient (Wildman–Crippen LogP) is 4.40. The number of hydrogen-bond donors (Lipinski definition) is 0. The molecule has 0 amide bonds. The Bertz CT molecular complexity index is 547. The van der Waals surface area contributed by atoms with Crippen molar-refractivity contribution in [2.45, 2.75) is 11.8 Å². The van der Waals surface area contributed by atoms with Gasteiger partial charge in [0.05, 0.1) is 0 Å². The summed E-state index contributed by atoms with van der Waals surface area (Å²) >= 11 is 11.5. The normalized spacial score (nSPS) is 10.3. The lowest BCUT2D eigenvalue weighted by molar-refractivity contribution is 0.103.